The average molecular weight is 382 g/mol. The number of fused-ring (bicyclic) bond motifs is 2. The lowest BCUT2D eigenvalue weighted by molar-refractivity contribution is -0.557. The summed E-state index contributed by atoms with van der Waals surface area (Å²) in [5.41, 5.74) is 0.0267. The summed E-state index contributed by atoms with van der Waals surface area (Å²) in [6.45, 7) is 5.91. The van der Waals surface area contributed by atoms with E-state index in [1.165, 1.54) is 0 Å². The van der Waals surface area contributed by atoms with E-state index in [9.17, 15) is 9.59 Å². The van der Waals surface area contributed by atoms with Crippen molar-refractivity contribution in [3.05, 3.63) is 11.5 Å². The van der Waals surface area contributed by atoms with Gasteiger partial charge in [0.15, 0.2) is 5.60 Å². The molecule has 0 aromatic carbocycles. The minimum absolute atomic E-state index is 0.0534. The summed E-state index contributed by atoms with van der Waals surface area (Å²) < 4.78 is 17.5. The largest absolute Gasteiger partial charge is 0.481 e. The normalized spacial score (nSPS) is 42.8. The van der Waals surface area contributed by atoms with Crippen molar-refractivity contribution in [1.82, 2.24) is 0 Å². The minimum Gasteiger partial charge on any atom is -0.481 e. The number of hydrogen-bond acceptors (Lipinski definition) is 7. The van der Waals surface area contributed by atoms with Gasteiger partial charge in [0.05, 0.1) is 12.8 Å². The maximum absolute atomic E-state index is 12.0. The molecule has 2 bridgehead atoms. The Bertz CT molecular complexity index is 687. The molecule has 8 nitrogen and oxygen atoms in total. The lowest BCUT2D eigenvalue weighted by atomic mass is 9.60. The zero-order chi connectivity index (χ0) is 19.4. The van der Waals surface area contributed by atoms with Crippen LogP contribution < -0.4 is 0 Å². The first-order valence-electron chi connectivity index (χ1n) is 9.60. The van der Waals surface area contributed by atoms with Crippen LogP contribution in [0.4, 0.5) is 0 Å². The van der Waals surface area contributed by atoms with Crippen LogP contribution in [0.3, 0.4) is 0 Å². The van der Waals surface area contributed by atoms with Crippen molar-refractivity contribution in [3.8, 4) is 0 Å². The summed E-state index contributed by atoms with van der Waals surface area (Å²) in [6.07, 6.45) is 2.26. The van der Waals surface area contributed by atoms with Crippen molar-refractivity contribution in [2.45, 2.75) is 77.0 Å². The van der Waals surface area contributed by atoms with Gasteiger partial charge in [-0.3, -0.25) is 9.59 Å². The van der Waals surface area contributed by atoms with Gasteiger partial charge >= 0.3 is 11.9 Å². The number of ether oxygens (including phenoxy) is 3. The number of rotatable bonds is 4. The Kier molecular flexibility index (Phi) is 4.48. The molecule has 0 radical (unpaired) electrons. The van der Waals surface area contributed by atoms with Gasteiger partial charge in [-0.25, -0.2) is 9.78 Å². The first kappa shape index (κ1) is 18.7. The highest BCUT2D eigenvalue weighted by atomic mass is 17.3. The smallest absolute Gasteiger partial charge is 0.314 e. The molecule has 0 amide bonds. The molecule has 4 fully saturated rings. The molecule has 0 aromatic rings. The molecule has 0 aromatic heterocycles. The molecule has 5 aliphatic rings. The number of hydrogen-bond donors (Lipinski definition) is 1. The molecule has 1 N–H and O–H groups in total. The first-order chi connectivity index (χ1) is 12.7. The summed E-state index contributed by atoms with van der Waals surface area (Å²) in [6, 6.07) is 0. The van der Waals surface area contributed by atoms with E-state index in [0.717, 1.165) is 24.8 Å². The Labute approximate surface area is 157 Å². The second-order valence-corrected chi connectivity index (χ2v) is 8.31. The molecular formula is C19H26O8. The minimum atomic E-state index is -1.05. The van der Waals surface area contributed by atoms with Gasteiger partial charge in [-0.15, -0.1) is 0 Å². The molecule has 1 aliphatic carbocycles. The lowest BCUT2D eigenvalue weighted by Crippen LogP contribution is -2.66. The van der Waals surface area contributed by atoms with Crippen LogP contribution >= 0.6 is 0 Å². The molecule has 1 saturated carbocycles. The van der Waals surface area contributed by atoms with Crippen LogP contribution in [-0.2, 0) is 33.6 Å². The van der Waals surface area contributed by atoms with Gasteiger partial charge in [-0.05, 0) is 39.0 Å². The Morgan fingerprint density at radius 2 is 2.00 bits per heavy atom. The fourth-order valence-electron chi connectivity index (χ4n) is 5.06. The highest BCUT2D eigenvalue weighted by molar-refractivity contribution is 5.77. The molecule has 3 saturated heterocycles. The maximum Gasteiger partial charge on any atom is 0.314 e. The van der Waals surface area contributed by atoms with Crippen LogP contribution in [0.5, 0.6) is 0 Å². The predicted octanol–water partition coefficient (Wildman–Crippen LogP) is 2.87. The Hall–Kier alpha value is -1.64. The highest BCUT2D eigenvalue weighted by Crippen LogP contribution is 2.60. The van der Waals surface area contributed by atoms with Crippen LogP contribution in [0.1, 0.15) is 59.3 Å². The van der Waals surface area contributed by atoms with Crippen LogP contribution in [0.15, 0.2) is 11.5 Å². The molecule has 6 atom stereocenters. The zero-order valence-electron chi connectivity index (χ0n) is 15.9. The summed E-state index contributed by atoms with van der Waals surface area (Å²) in [5, 5.41) is 8.75. The maximum atomic E-state index is 12.0. The second-order valence-electron chi connectivity index (χ2n) is 8.31. The van der Waals surface area contributed by atoms with Crippen molar-refractivity contribution >= 4 is 11.9 Å². The summed E-state index contributed by atoms with van der Waals surface area (Å²) in [7, 11) is 0. The van der Waals surface area contributed by atoms with Crippen LogP contribution in [-0.4, -0.2) is 34.7 Å². The van der Waals surface area contributed by atoms with E-state index in [4.69, 9.17) is 29.1 Å². The van der Waals surface area contributed by atoms with Crippen molar-refractivity contribution in [3.63, 3.8) is 0 Å². The molecule has 4 aliphatic heterocycles. The zero-order valence-corrected chi connectivity index (χ0v) is 15.9. The lowest BCUT2D eigenvalue weighted by Gasteiger charge is -2.56. The third-order valence-electron chi connectivity index (χ3n) is 6.53. The molecule has 4 heterocycles. The monoisotopic (exact) mass is 382 g/mol. The van der Waals surface area contributed by atoms with Crippen LogP contribution in [0, 0.1) is 17.8 Å². The average Bonchev–Trinajstić information content (AvgIpc) is 2.84. The molecule has 8 heteroatoms. The van der Waals surface area contributed by atoms with E-state index in [0.29, 0.717) is 12.3 Å². The predicted molar refractivity (Wildman–Crippen MR) is 89.5 cm³/mol. The summed E-state index contributed by atoms with van der Waals surface area (Å²) in [5.74, 6) is -1.88. The molecule has 27 heavy (non-hydrogen) atoms. The van der Waals surface area contributed by atoms with Gasteiger partial charge in [-0.2, -0.15) is 0 Å². The van der Waals surface area contributed by atoms with Gasteiger partial charge in [0.25, 0.3) is 5.95 Å². The van der Waals surface area contributed by atoms with Crippen molar-refractivity contribution < 1.29 is 38.7 Å². The van der Waals surface area contributed by atoms with Gasteiger partial charge in [0.1, 0.15) is 0 Å². The third-order valence-corrected chi connectivity index (χ3v) is 6.53. The Balaban J connectivity index is 1.65. The number of esters is 1. The van der Waals surface area contributed by atoms with E-state index in [-0.39, 0.29) is 30.6 Å². The fourth-order valence-corrected chi connectivity index (χ4v) is 5.06. The molecule has 150 valence electrons. The van der Waals surface area contributed by atoms with E-state index in [2.05, 4.69) is 6.92 Å². The topological polar surface area (TPSA) is 101 Å². The Morgan fingerprint density at radius 1 is 1.22 bits per heavy atom. The van der Waals surface area contributed by atoms with Crippen LogP contribution in [0.2, 0.25) is 0 Å². The molecular weight excluding hydrogens is 356 g/mol. The van der Waals surface area contributed by atoms with Crippen molar-refractivity contribution in [2.24, 2.45) is 17.8 Å². The van der Waals surface area contributed by atoms with E-state index in [1.54, 1.807) is 0 Å². The van der Waals surface area contributed by atoms with Crippen molar-refractivity contribution in [2.75, 3.05) is 0 Å². The fraction of sp³-hybridized carbons (Fsp3) is 0.789. The standard InChI is InChI=1S/C19H26O8/c1-10-4-5-13-11(2)16(23-15(22)7-6-14(20)21)24-17-19(13)12(10)8-9-18(3,25-17)26-27-19/h10,12-13,17H,4-9H2,1-3H3,(H,20,21)/t10-,12?,13+,17-,18?,19-/m1/s1. The third kappa shape index (κ3) is 2.94. The van der Waals surface area contributed by atoms with Gasteiger partial charge < -0.3 is 19.3 Å². The molecule has 2 unspecified atom stereocenters. The van der Waals surface area contributed by atoms with Gasteiger partial charge in [0.2, 0.25) is 12.1 Å². The van der Waals surface area contributed by atoms with Crippen molar-refractivity contribution in [1.29, 1.82) is 0 Å². The molecule has 5 rings (SSSR count). The number of aliphatic carboxylic acids is 1. The number of carbonyl (C=O) groups excluding carboxylic acids is 1. The summed E-state index contributed by atoms with van der Waals surface area (Å²) >= 11 is 0. The number of carbonyl (C=O) groups is 2. The number of carboxylic acid groups (broad SMARTS) is 1. The van der Waals surface area contributed by atoms with E-state index >= 15 is 0 Å². The van der Waals surface area contributed by atoms with E-state index < -0.39 is 29.6 Å². The van der Waals surface area contributed by atoms with E-state index in [1.807, 2.05) is 13.8 Å². The van der Waals surface area contributed by atoms with Gasteiger partial charge in [0, 0.05) is 23.8 Å². The quantitative estimate of drug-likeness (QED) is 0.585. The van der Waals surface area contributed by atoms with Gasteiger partial charge in [-0.1, -0.05) is 6.92 Å². The summed E-state index contributed by atoms with van der Waals surface area (Å²) in [4.78, 5) is 34.4. The second kappa shape index (κ2) is 6.46. The first-order valence-corrected chi connectivity index (χ1v) is 9.60. The molecule has 1 spiro atoms. The number of carboxylic acids is 1. The highest BCUT2D eigenvalue weighted by Gasteiger charge is 2.68. The van der Waals surface area contributed by atoms with Crippen LogP contribution in [0.25, 0.3) is 0 Å². The Morgan fingerprint density at radius 3 is 2.74 bits per heavy atom. The SMILES string of the molecule is CC1=C(OC(=O)CCC(=O)O)O[C@@H]2OC3(C)CCC4[C@H](C)CC[C@@H]1[C@]42OO3.